The maximum Gasteiger partial charge on any atom is 0.339 e. The smallest absolute Gasteiger partial charge is 0.339 e. The Balaban J connectivity index is 2.02. The van der Waals surface area contributed by atoms with E-state index in [1.165, 1.54) is 0 Å². The summed E-state index contributed by atoms with van der Waals surface area (Å²) in [5, 5.41) is 0. The van der Waals surface area contributed by atoms with Crippen molar-refractivity contribution in [1.82, 2.24) is 0 Å². The van der Waals surface area contributed by atoms with Gasteiger partial charge in [-0.3, -0.25) is 0 Å². The molecule has 3 heteroatoms. The minimum Gasteiger partial charge on any atom is -0.485 e. The van der Waals surface area contributed by atoms with Crippen LogP contribution in [0.5, 0.6) is 0 Å². The fraction of sp³-hybridized carbons (Fsp3) is 0.250. The second-order valence-corrected chi connectivity index (χ2v) is 5.90. The number of carbonyl (C=O) groups is 1. The molecule has 0 aromatic heterocycles. The van der Waals surface area contributed by atoms with Crippen molar-refractivity contribution >= 4 is 5.97 Å². The summed E-state index contributed by atoms with van der Waals surface area (Å²) in [7, 11) is 0. The number of hydrogen-bond donors (Lipinski definition) is 0. The molecule has 3 atom stereocenters. The van der Waals surface area contributed by atoms with Gasteiger partial charge < -0.3 is 9.47 Å². The summed E-state index contributed by atoms with van der Waals surface area (Å²) in [4.78, 5) is 12.5. The molecule has 3 aliphatic rings. The van der Waals surface area contributed by atoms with Gasteiger partial charge in [-0.2, -0.15) is 0 Å². The van der Waals surface area contributed by atoms with Crippen molar-refractivity contribution in [2.24, 2.45) is 5.92 Å². The lowest BCUT2D eigenvalue weighted by Crippen LogP contribution is -2.48. The van der Waals surface area contributed by atoms with E-state index in [0.717, 1.165) is 16.9 Å². The standard InChI is InChI=1S/C20H18O3/c1-3-14-17(4-2)22-18-12-8-7-11-16(18)20(14)15-10-6-5-9-13(15)19(21)23-20/h3-12,16,18H,1-2H3/b14-3+,17-4+. The Hall–Kier alpha value is -2.55. The summed E-state index contributed by atoms with van der Waals surface area (Å²) < 4.78 is 12.2. The third kappa shape index (κ3) is 1.73. The van der Waals surface area contributed by atoms with Gasteiger partial charge in [0.05, 0.1) is 11.5 Å². The highest BCUT2D eigenvalue weighted by Crippen LogP contribution is 2.55. The van der Waals surface area contributed by atoms with Crippen LogP contribution in [0.15, 0.2) is 72.1 Å². The SMILES string of the molecule is C/C=C1/OC2C=CC=CC2C2(OC(=O)c3ccccc32)/C1=C/C. The summed E-state index contributed by atoms with van der Waals surface area (Å²) in [5.41, 5.74) is 1.68. The summed E-state index contributed by atoms with van der Waals surface area (Å²) in [6, 6.07) is 7.66. The maximum atomic E-state index is 12.5. The van der Waals surface area contributed by atoms with E-state index >= 15 is 0 Å². The molecular formula is C20H18O3. The normalized spacial score (nSPS) is 34.4. The predicted molar refractivity (Wildman–Crippen MR) is 87.7 cm³/mol. The van der Waals surface area contributed by atoms with Crippen LogP contribution < -0.4 is 0 Å². The van der Waals surface area contributed by atoms with Crippen molar-refractivity contribution in [1.29, 1.82) is 0 Å². The number of hydrogen-bond acceptors (Lipinski definition) is 3. The molecule has 3 unspecified atom stereocenters. The molecule has 0 N–H and O–H groups in total. The molecule has 0 bridgehead atoms. The Labute approximate surface area is 135 Å². The topological polar surface area (TPSA) is 35.5 Å². The highest BCUT2D eigenvalue weighted by atomic mass is 16.6. The highest BCUT2D eigenvalue weighted by molar-refractivity contribution is 5.96. The van der Waals surface area contributed by atoms with Crippen LogP contribution in [0.1, 0.15) is 29.8 Å². The van der Waals surface area contributed by atoms with Crippen molar-refractivity contribution in [3.05, 3.63) is 83.2 Å². The number of carbonyl (C=O) groups excluding carboxylic acids is 1. The van der Waals surface area contributed by atoms with Crippen molar-refractivity contribution < 1.29 is 14.3 Å². The van der Waals surface area contributed by atoms with E-state index in [0.29, 0.717) is 5.56 Å². The van der Waals surface area contributed by atoms with E-state index < -0.39 is 5.60 Å². The van der Waals surface area contributed by atoms with Crippen LogP contribution in [-0.4, -0.2) is 12.1 Å². The molecule has 1 saturated heterocycles. The number of allylic oxidation sites excluding steroid dienone is 4. The van der Waals surface area contributed by atoms with Crippen LogP contribution in [0.25, 0.3) is 0 Å². The van der Waals surface area contributed by atoms with Gasteiger partial charge in [0.25, 0.3) is 0 Å². The number of fused-ring (bicyclic) bond motifs is 4. The molecule has 1 aromatic carbocycles. The Morgan fingerprint density at radius 1 is 1.09 bits per heavy atom. The second kappa shape index (κ2) is 4.98. The minimum atomic E-state index is -0.811. The number of esters is 1. The predicted octanol–water partition coefficient (Wildman–Crippen LogP) is 4.04. The molecule has 3 nitrogen and oxygen atoms in total. The Morgan fingerprint density at radius 3 is 2.65 bits per heavy atom. The zero-order valence-electron chi connectivity index (χ0n) is 13.2. The first-order valence-corrected chi connectivity index (χ1v) is 7.90. The van der Waals surface area contributed by atoms with Crippen molar-refractivity contribution in [2.75, 3.05) is 0 Å². The summed E-state index contributed by atoms with van der Waals surface area (Å²) >= 11 is 0. The van der Waals surface area contributed by atoms with Crippen molar-refractivity contribution in [3.8, 4) is 0 Å². The van der Waals surface area contributed by atoms with Crippen molar-refractivity contribution in [3.63, 3.8) is 0 Å². The zero-order valence-corrected chi connectivity index (χ0v) is 13.2. The number of ether oxygens (including phenoxy) is 2. The molecule has 2 heterocycles. The summed E-state index contributed by atoms with van der Waals surface area (Å²) in [6.45, 7) is 3.90. The van der Waals surface area contributed by atoms with Gasteiger partial charge >= 0.3 is 5.97 Å². The molecule has 1 aromatic rings. The lowest BCUT2D eigenvalue weighted by Gasteiger charge is -2.46. The van der Waals surface area contributed by atoms with Gasteiger partial charge in [0.15, 0.2) is 5.60 Å². The van der Waals surface area contributed by atoms with Gasteiger partial charge in [0.1, 0.15) is 11.9 Å². The largest absolute Gasteiger partial charge is 0.485 e. The van der Waals surface area contributed by atoms with Crippen LogP contribution in [0.3, 0.4) is 0 Å². The Bertz CT molecular complexity index is 797. The third-order valence-electron chi connectivity index (χ3n) is 4.83. The number of rotatable bonds is 0. The molecule has 0 radical (unpaired) electrons. The lowest BCUT2D eigenvalue weighted by molar-refractivity contribution is -0.0639. The first kappa shape index (κ1) is 14.1. The highest BCUT2D eigenvalue weighted by Gasteiger charge is 2.58. The average molecular weight is 306 g/mol. The lowest BCUT2D eigenvalue weighted by atomic mass is 9.69. The molecule has 2 aliphatic heterocycles. The quantitative estimate of drug-likeness (QED) is 0.679. The van der Waals surface area contributed by atoms with Gasteiger partial charge in [0, 0.05) is 11.1 Å². The fourth-order valence-electron chi connectivity index (χ4n) is 3.91. The van der Waals surface area contributed by atoms with E-state index in [4.69, 9.17) is 9.47 Å². The van der Waals surface area contributed by atoms with E-state index in [2.05, 4.69) is 6.08 Å². The monoisotopic (exact) mass is 306 g/mol. The average Bonchev–Trinajstić information content (AvgIpc) is 2.89. The second-order valence-electron chi connectivity index (χ2n) is 5.90. The minimum absolute atomic E-state index is 0.0741. The molecule has 1 spiro atoms. The van der Waals surface area contributed by atoms with Crippen LogP contribution in [0, 0.1) is 5.92 Å². The first-order chi connectivity index (χ1) is 11.2. The van der Waals surface area contributed by atoms with E-state index in [9.17, 15) is 4.79 Å². The third-order valence-corrected chi connectivity index (χ3v) is 4.83. The molecule has 1 aliphatic carbocycles. The van der Waals surface area contributed by atoms with Crippen LogP contribution in [-0.2, 0) is 15.1 Å². The molecule has 23 heavy (non-hydrogen) atoms. The van der Waals surface area contributed by atoms with Crippen LogP contribution in [0.4, 0.5) is 0 Å². The summed E-state index contributed by atoms with van der Waals surface area (Å²) in [6.07, 6.45) is 11.9. The fourth-order valence-corrected chi connectivity index (χ4v) is 3.91. The summed E-state index contributed by atoms with van der Waals surface area (Å²) in [5.74, 6) is 0.437. The van der Waals surface area contributed by atoms with Gasteiger partial charge in [0.2, 0.25) is 0 Å². The van der Waals surface area contributed by atoms with Gasteiger partial charge in [-0.15, -0.1) is 0 Å². The molecule has 4 rings (SSSR count). The maximum absolute atomic E-state index is 12.5. The van der Waals surface area contributed by atoms with E-state index in [1.807, 2.05) is 68.5 Å². The zero-order chi connectivity index (χ0) is 16.0. The molecule has 116 valence electrons. The molecule has 1 fully saturated rings. The molecular weight excluding hydrogens is 288 g/mol. The van der Waals surface area contributed by atoms with Gasteiger partial charge in [-0.1, -0.05) is 42.5 Å². The van der Waals surface area contributed by atoms with Crippen molar-refractivity contribution in [2.45, 2.75) is 25.6 Å². The van der Waals surface area contributed by atoms with Crippen LogP contribution >= 0.6 is 0 Å². The van der Waals surface area contributed by atoms with Gasteiger partial charge in [-0.05, 0) is 32.1 Å². The van der Waals surface area contributed by atoms with Crippen LogP contribution in [0.2, 0.25) is 0 Å². The molecule has 0 saturated carbocycles. The Morgan fingerprint density at radius 2 is 1.87 bits per heavy atom. The first-order valence-electron chi connectivity index (χ1n) is 7.90. The molecule has 0 amide bonds. The van der Waals surface area contributed by atoms with Gasteiger partial charge in [-0.25, -0.2) is 4.79 Å². The van der Waals surface area contributed by atoms with E-state index in [-0.39, 0.29) is 18.0 Å². The number of benzene rings is 1. The van der Waals surface area contributed by atoms with E-state index in [1.54, 1.807) is 0 Å². The Kier molecular flexibility index (Phi) is 3.05.